The Balaban J connectivity index is 2.10. The summed E-state index contributed by atoms with van der Waals surface area (Å²) in [7, 11) is 0. The van der Waals surface area contributed by atoms with E-state index in [2.05, 4.69) is 0 Å². The van der Waals surface area contributed by atoms with Crippen LogP contribution in [0.2, 0.25) is 5.02 Å². The van der Waals surface area contributed by atoms with Gasteiger partial charge in [-0.2, -0.15) is 0 Å². The van der Waals surface area contributed by atoms with Crippen LogP contribution in [0.25, 0.3) is 43.8 Å². The quantitative estimate of drug-likeness (QED) is 0.318. The van der Waals surface area contributed by atoms with E-state index in [0.29, 0.717) is 0 Å². The highest BCUT2D eigenvalue weighted by molar-refractivity contribution is 6.38. The van der Waals surface area contributed by atoms with E-state index in [1.807, 2.05) is 0 Å². The molecule has 0 unspecified atom stereocenters. The van der Waals surface area contributed by atoms with Crippen molar-refractivity contribution in [1.29, 1.82) is 0 Å². The molecule has 0 radical (unpaired) electrons. The maximum absolute atomic E-state index is 8.80. The average Bonchev–Trinajstić information content (AvgIpc) is 3.26. The average molecular weight is 342 g/mol. The Morgan fingerprint density at radius 2 is 1.58 bits per heavy atom. The molecule has 0 saturated heterocycles. The first-order valence-corrected chi connectivity index (χ1v) is 7.23. The number of halogens is 1. The van der Waals surface area contributed by atoms with Gasteiger partial charge in [-0.15, -0.1) is 0 Å². The van der Waals surface area contributed by atoms with Crippen molar-refractivity contribution in [2.75, 3.05) is 0 Å². The standard InChI is InChI=1S/C22H13ClO/c23-19-12-11-17(16-10-9-14-5-1-2-6-15(14)13-16)22-21(19)18-7-3-4-8-20(18)24-22/h1-13H/i1D,2D,3D,4D,5D,6D,7D,8D,9D,10D,11D,12D,13D. The van der Waals surface area contributed by atoms with Crippen LogP contribution in [0.3, 0.4) is 0 Å². The maximum atomic E-state index is 8.80. The molecule has 0 aliphatic carbocycles. The van der Waals surface area contributed by atoms with E-state index in [0.717, 1.165) is 0 Å². The summed E-state index contributed by atoms with van der Waals surface area (Å²) in [5.41, 5.74) is -1.43. The Morgan fingerprint density at radius 1 is 0.792 bits per heavy atom. The van der Waals surface area contributed by atoms with E-state index in [1.165, 1.54) is 0 Å². The number of furan rings is 1. The molecule has 0 spiro atoms. The van der Waals surface area contributed by atoms with Crippen LogP contribution >= 0.6 is 11.6 Å². The third-order valence-electron chi connectivity index (χ3n) is 3.58. The highest BCUT2D eigenvalue weighted by Crippen LogP contribution is 2.40. The molecule has 4 aromatic carbocycles. The lowest BCUT2D eigenvalue weighted by molar-refractivity contribution is 0.670. The van der Waals surface area contributed by atoms with Crippen molar-refractivity contribution in [3.05, 3.63) is 83.6 Å². The SMILES string of the molecule is [2H]c1c([2H])c([2H])c2c(oc3c(-c4c([2H])c([2H])c5c([2H])c([2H])c([2H])c([2H])c5c4[2H])c([2H])c([2H])c(Cl)c32)c1[2H]. The fourth-order valence-electron chi connectivity index (χ4n) is 2.52. The van der Waals surface area contributed by atoms with E-state index in [-0.39, 0.29) is 43.3 Å². The van der Waals surface area contributed by atoms with Crippen LogP contribution in [0.4, 0.5) is 0 Å². The number of benzene rings is 4. The highest BCUT2D eigenvalue weighted by Gasteiger charge is 2.15. The van der Waals surface area contributed by atoms with Crippen molar-refractivity contribution in [2.45, 2.75) is 0 Å². The molecule has 114 valence electrons. The summed E-state index contributed by atoms with van der Waals surface area (Å²) in [5, 5.41) is -1.36. The van der Waals surface area contributed by atoms with Gasteiger partial charge in [0.2, 0.25) is 0 Å². The number of hydrogen-bond acceptors (Lipinski definition) is 1. The fourth-order valence-corrected chi connectivity index (χ4v) is 2.75. The summed E-state index contributed by atoms with van der Waals surface area (Å²) >= 11 is 6.37. The van der Waals surface area contributed by atoms with Crippen LogP contribution in [0.1, 0.15) is 17.8 Å². The Labute approximate surface area is 162 Å². The van der Waals surface area contributed by atoms with Crippen molar-refractivity contribution in [3.63, 3.8) is 0 Å². The predicted octanol–water partition coefficient (Wildman–Crippen LogP) is 7.06. The van der Waals surface area contributed by atoms with E-state index in [1.54, 1.807) is 0 Å². The van der Waals surface area contributed by atoms with Gasteiger partial charge in [-0.05, 0) is 40.5 Å². The zero-order valence-corrected chi connectivity index (χ0v) is 12.5. The lowest BCUT2D eigenvalue weighted by atomic mass is 9.99. The minimum absolute atomic E-state index is 0.139. The predicted molar refractivity (Wildman–Crippen MR) is 102 cm³/mol. The zero-order chi connectivity index (χ0) is 27.4. The van der Waals surface area contributed by atoms with Crippen molar-refractivity contribution < 1.29 is 22.2 Å². The lowest BCUT2D eigenvalue weighted by Crippen LogP contribution is -1.81. The molecule has 0 aliphatic heterocycles. The lowest BCUT2D eigenvalue weighted by Gasteiger charge is -2.06. The van der Waals surface area contributed by atoms with Gasteiger partial charge in [-0.3, -0.25) is 0 Å². The molecule has 0 bridgehead atoms. The van der Waals surface area contributed by atoms with Crippen LogP contribution in [-0.4, -0.2) is 0 Å². The third kappa shape index (κ3) is 1.95. The van der Waals surface area contributed by atoms with Crippen molar-refractivity contribution in [2.24, 2.45) is 0 Å². The van der Waals surface area contributed by atoms with Gasteiger partial charge >= 0.3 is 0 Å². The zero-order valence-electron chi connectivity index (χ0n) is 24.8. The molecule has 0 saturated carbocycles. The summed E-state index contributed by atoms with van der Waals surface area (Å²) in [6, 6.07) is -7.87. The molecule has 0 N–H and O–H groups in total. The van der Waals surface area contributed by atoms with Gasteiger partial charge in [-0.25, -0.2) is 0 Å². The Bertz CT molecular complexity index is 1880. The topological polar surface area (TPSA) is 13.1 Å². The molecule has 2 heteroatoms. The molecule has 0 amide bonds. The highest BCUT2D eigenvalue weighted by atomic mass is 35.5. The smallest absolute Gasteiger partial charge is 0.144 e. The van der Waals surface area contributed by atoms with E-state index in [4.69, 9.17) is 33.8 Å². The summed E-state index contributed by atoms with van der Waals surface area (Å²) in [4.78, 5) is 0. The van der Waals surface area contributed by atoms with Gasteiger partial charge in [0.15, 0.2) is 0 Å². The second kappa shape index (κ2) is 5.12. The minimum Gasteiger partial charge on any atom is -0.455 e. The number of rotatable bonds is 1. The summed E-state index contributed by atoms with van der Waals surface area (Å²) < 4.78 is 114. The molecule has 5 rings (SSSR count). The van der Waals surface area contributed by atoms with E-state index < -0.39 is 84.1 Å². The van der Waals surface area contributed by atoms with Crippen LogP contribution in [0.15, 0.2) is 83.0 Å². The van der Waals surface area contributed by atoms with Gasteiger partial charge in [0, 0.05) is 16.3 Å². The minimum atomic E-state index is -0.668. The maximum Gasteiger partial charge on any atom is 0.144 e. The summed E-state index contributed by atoms with van der Waals surface area (Å²) in [6.07, 6.45) is 0. The van der Waals surface area contributed by atoms with Gasteiger partial charge in [0.1, 0.15) is 11.2 Å². The molecule has 1 aromatic heterocycles. The van der Waals surface area contributed by atoms with E-state index in [9.17, 15) is 0 Å². The van der Waals surface area contributed by atoms with Gasteiger partial charge in [0.25, 0.3) is 0 Å². The normalized spacial score (nSPS) is 19.1. The fraction of sp³-hybridized carbons (Fsp3) is 0. The second-order valence-electron chi connectivity index (χ2n) is 4.95. The van der Waals surface area contributed by atoms with Crippen molar-refractivity contribution >= 4 is 44.3 Å². The van der Waals surface area contributed by atoms with Crippen LogP contribution in [-0.2, 0) is 0 Å². The van der Waals surface area contributed by atoms with Gasteiger partial charge < -0.3 is 4.42 Å². The molecular formula is C22H13ClO. The van der Waals surface area contributed by atoms with Gasteiger partial charge in [-0.1, -0.05) is 66.0 Å². The Morgan fingerprint density at radius 3 is 2.50 bits per heavy atom. The van der Waals surface area contributed by atoms with E-state index >= 15 is 0 Å². The number of para-hydroxylation sites is 1. The first-order chi connectivity index (χ1) is 17.2. The second-order valence-corrected chi connectivity index (χ2v) is 5.33. The third-order valence-corrected chi connectivity index (χ3v) is 3.86. The molecule has 0 aliphatic rings. The number of fused-ring (bicyclic) bond motifs is 4. The summed E-state index contributed by atoms with van der Waals surface area (Å²) in [6.45, 7) is 0. The Hall–Kier alpha value is -2.77. The molecule has 0 atom stereocenters. The van der Waals surface area contributed by atoms with Crippen molar-refractivity contribution in [1.82, 2.24) is 0 Å². The van der Waals surface area contributed by atoms with Gasteiger partial charge in [0.05, 0.1) is 22.8 Å². The summed E-state index contributed by atoms with van der Waals surface area (Å²) in [5.74, 6) is 0. The van der Waals surface area contributed by atoms with Crippen LogP contribution in [0.5, 0.6) is 0 Å². The monoisotopic (exact) mass is 341 g/mol. The first kappa shape index (κ1) is 5.94. The van der Waals surface area contributed by atoms with Crippen LogP contribution in [0, 0.1) is 0 Å². The molecule has 1 heterocycles. The van der Waals surface area contributed by atoms with Crippen molar-refractivity contribution in [3.8, 4) is 11.1 Å². The molecule has 24 heavy (non-hydrogen) atoms. The molecule has 1 nitrogen and oxygen atoms in total. The number of hydrogen-bond donors (Lipinski definition) is 0. The largest absolute Gasteiger partial charge is 0.455 e. The molecular weight excluding hydrogens is 316 g/mol. The van der Waals surface area contributed by atoms with Crippen LogP contribution < -0.4 is 0 Å². The molecule has 5 aromatic rings. The first-order valence-electron chi connectivity index (χ1n) is 13.3. The molecule has 0 fully saturated rings. The Kier molecular flexibility index (Phi) is 1.27.